The minimum Gasteiger partial charge on any atom is -0.493 e. The third-order valence-corrected chi connectivity index (χ3v) is 5.60. The number of rotatable bonds is 7. The van der Waals surface area contributed by atoms with Crippen LogP contribution in [0.5, 0.6) is 11.5 Å². The Morgan fingerprint density at radius 1 is 1.23 bits per heavy atom. The minimum absolute atomic E-state index is 0.00927. The van der Waals surface area contributed by atoms with E-state index in [1.807, 2.05) is 41.3 Å². The second-order valence-corrected chi connectivity index (χ2v) is 8.19. The zero-order valence-corrected chi connectivity index (χ0v) is 17.9. The molecule has 0 bridgehead atoms. The van der Waals surface area contributed by atoms with Crippen molar-refractivity contribution in [2.24, 2.45) is 5.92 Å². The summed E-state index contributed by atoms with van der Waals surface area (Å²) in [4.78, 5) is 23.3. The van der Waals surface area contributed by atoms with E-state index in [4.69, 9.17) is 14.5 Å². The summed E-state index contributed by atoms with van der Waals surface area (Å²) >= 11 is 0. The molecule has 0 saturated carbocycles. The minimum atomic E-state index is -0.0436. The van der Waals surface area contributed by atoms with Gasteiger partial charge in [-0.15, -0.1) is 0 Å². The van der Waals surface area contributed by atoms with Crippen LogP contribution in [0.1, 0.15) is 55.3 Å². The number of nitrogens with one attached hydrogen (secondary N) is 1. The Labute approximate surface area is 177 Å². The number of hydrogen-bond acceptors (Lipinski definition) is 4. The number of carbonyl (C=O) groups excluding carboxylic acids is 1. The molecule has 1 atom stereocenters. The second kappa shape index (κ2) is 8.78. The van der Waals surface area contributed by atoms with Gasteiger partial charge in [0, 0.05) is 12.1 Å². The van der Waals surface area contributed by atoms with Crippen molar-refractivity contribution < 1.29 is 14.3 Å². The molecule has 6 heteroatoms. The van der Waals surface area contributed by atoms with E-state index in [0.717, 1.165) is 42.7 Å². The molecule has 158 valence electrons. The summed E-state index contributed by atoms with van der Waals surface area (Å²) in [5.41, 5.74) is 2.53. The number of carbonyl (C=O) groups is 1. The third kappa shape index (κ3) is 4.13. The first-order chi connectivity index (χ1) is 14.6. The Hall–Kier alpha value is -3.02. The number of likely N-dealkylation sites (tertiary alicyclic amines) is 1. The zero-order chi connectivity index (χ0) is 21.1. The normalized spacial score (nSPS) is 16.4. The molecule has 2 aromatic carbocycles. The summed E-state index contributed by atoms with van der Waals surface area (Å²) < 4.78 is 11.4. The van der Waals surface area contributed by atoms with Gasteiger partial charge < -0.3 is 19.4 Å². The number of H-pyrrole nitrogens is 1. The lowest BCUT2D eigenvalue weighted by Gasteiger charge is -2.23. The molecule has 2 heterocycles. The molecule has 1 aromatic heterocycles. The number of imidazole rings is 1. The number of fused-ring (bicyclic) bond motifs is 1. The van der Waals surface area contributed by atoms with Crippen molar-refractivity contribution in [2.75, 3.05) is 20.3 Å². The average Bonchev–Trinajstić information content (AvgIpc) is 3.39. The summed E-state index contributed by atoms with van der Waals surface area (Å²) in [7, 11) is 1.60. The lowest BCUT2D eigenvalue weighted by atomic mass is 10.1. The Morgan fingerprint density at radius 2 is 2.07 bits per heavy atom. The molecule has 6 nitrogen and oxygen atoms in total. The summed E-state index contributed by atoms with van der Waals surface area (Å²) in [5, 5.41) is 0. The summed E-state index contributed by atoms with van der Waals surface area (Å²) in [6, 6.07) is 13.3. The zero-order valence-electron chi connectivity index (χ0n) is 17.9. The molecule has 1 fully saturated rings. The molecule has 4 rings (SSSR count). The van der Waals surface area contributed by atoms with Crippen LogP contribution in [0.25, 0.3) is 11.0 Å². The molecule has 1 amide bonds. The SMILES string of the molecule is COc1cc(C(=O)N2CCCC2c2nc3ccccc3[nH]2)ccc1OCCC(C)C. The van der Waals surface area contributed by atoms with Gasteiger partial charge in [0.15, 0.2) is 11.5 Å². The first kappa shape index (κ1) is 20.3. The van der Waals surface area contributed by atoms with Crippen molar-refractivity contribution in [2.45, 2.75) is 39.2 Å². The van der Waals surface area contributed by atoms with E-state index in [2.05, 4.69) is 18.8 Å². The highest BCUT2D eigenvalue weighted by Gasteiger charge is 2.33. The van der Waals surface area contributed by atoms with Gasteiger partial charge in [0.25, 0.3) is 5.91 Å². The number of para-hydroxylation sites is 2. The highest BCUT2D eigenvalue weighted by molar-refractivity contribution is 5.95. The van der Waals surface area contributed by atoms with Crippen molar-refractivity contribution in [3.63, 3.8) is 0 Å². The average molecular weight is 408 g/mol. The maximum atomic E-state index is 13.3. The van der Waals surface area contributed by atoms with Gasteiger partial charge in [0.1, 0.15) is 5.82 Å². The van der Waals surface area contributed by atoms with Crippen molar-refractivity contribution in [3.8, 4) is 11.5 Å². The standard InChI is InChI=1S/C24H29N3O3/c1-16(2)12-14-30-21-11-10-17(15-22(21)29-3)24(28)27-13-6-9-20(27)23-25-18-7-4-5-8-19(18)26-23/h4-5,7-8,10-11,15-16,20H,6,9,12-14H2,1-3H3,(H,25,26). The van der Waals surface area contributed by atoms with Gasteiger partial charge in [-0.1, -0.05) is 26.0 Å². The Balaban J connectivity index is 1.54. The molecular formula is C24H29N3O3. The van der Waals surface area contributed by atoms with Crippen LogP contribution in [0.2, 0.25) is 0 Å². The van der Waals surface area contributed by atoms with Crippen LogP contribution in [-0.4, -0.2) is 41.0 Å². The van der Waals surface area contributed by atoms with Gasteiger partial charge in [-0.3, -0.25) is 4.79 Å². The smallest absolute Gasteiger partial charge is 0.254 e. The predicted octanol–water partition coefficient (Wildman–Crippen LogP) is 4.97. The van der Waals surface area contributed by atoms with E-state index in [0.29, 0.717) is 29.6 Å². The van der Waals surface area contributed by atoms with Gasteiger partial charge in [-0.2, -0.15) is 0 Å². The number of aromatic nitrogens is 2. The highest BCUT2D eigenvalue weighted by atomic mass is 16.5. The molecule has 0 aliphatic carbocycles. The first-order valence-electron chi connectivity index (χ1n) is 10.6. The topological polar surface area (TPSA) is 67.5 Å². The fraction of sp³-hybridized carbons (Fsp3) is 0.417. The number of methoxy groups -OCH3 is 1. The molecule has 1 N–H and O–H groups in total. The Bertz CT molecular complexity index is 994. The van der Waals surface area contributed by atoms with E-state index in [1.54, 1.807) is 13.2 Å². The quantitative estimate of drug-likeness (QED) is 0.600. The number of hydrogen-bond donors (Lipinski definition) is 1. The molecule has 1 aliphatic heterocycles. The molecule has 1 aliphatic rings. The van der Waals surface area contributed by atoms with Crippen molar-refractivity contribution >= 4 is 16.9 Å². The van der Waals surface area contributed by atoms with E-state index < -0.39 is 0 Å². The van der Waals surface area contributed by atoms with Crippen LogP contribution in [0.15, 0.2) is 42.5 Å². The van der Waals surface area contributed by atoms with Gasteiger partial charge in [0.05, 0.1) is 30.8 Å². The van der Waals surface area contributed by atoms with E-state index in [-0.39, 0.29) is 11.9 Å². The molecule has 0 radical (unpaired) electrons. The number of benzene rings is 2. The van der Waals surface area contributed by atoms with Crippen LogP contribution < -0.4 is 9.47 Å². The highest BCUT2D eigenvalue weighted by Crippen LogP contribution is 2.34. The van der Waals surface area contributed by atoms with Crippen LogP contribution >= 0.6 is 0 Å². The van der Waals surface area contributed by atoms with Gasteiger partial charge in [0.2, 0.25) is 0 Å². The lowest BCUT2D eigenvalue weighted by molar-refractivity contribution is 0.0730. The van der Waals surface area contributed by atoms with Gasteiger partial charge >= 0.3 is 0 Å². The largest absolute Gasteiger partial charge is 0.493 e. The fourth-order valence-electron chi connectivity index (χ4n) is 3.91. The summed E-state index contributed by atoms with van der Waals surface area (Å²) in [5.74, 6) is 2.67. The van der Waals surface area contributed by atoms with E-state index in [9.17, 15) is 4.79 Å². The molecule has 1 unspecified atom stereocenters. The van der Waals surface area contributed by atoms with Gasteiger partial charge in [-0.25, -0.2) is 4.98 Å². The molecule has 0 spiro atoms. The van der Waals surface area contributed by atoms with Crippen LogP contribution in [0.4, 0.5) is 0 Å². The van der Waals surface area contributed by atoms with E-state index >= 15 is 0 Å². The van der Waals surface area contributed by atoms with Gasteiger partial charge in [-0.05, 0) is 55.5 Å². The lowest BCUT2D eigenvalue weighted by Crippen LogP contribution is -2.31. The Kier molecular flexibility index (Phi) is 5.93. The molecule has 3 aromatic rings. The number of aromatic amines is 1. The first-order valence-corrected chi connectivity index (χ1v) is 10.6. The van der Waals surface area contributed by atoms with E-state index in [1.165, 1.54) is 0 Å². The monoisotopic (exact) mass is 407 g/mol. The number of ether oxygens (including phenoxy) is 2. The molecule has 1 saturated heterocycles. The molecular weight excluding hydrogens is 378 g/mol. The predicted molar refractivity (Wildman–Crippen MR) is 117 cm³/mol. The number of nitrogens with zero attached hydrogens (tertiary/aromatic N) is 2. The fourth-order valence-corrected chi connectivity index (χ4v) is 3.91. The summed E-state index contributed by atoms with van der Waals surface area (Å²) in [6.07, 6.45) is 2.83. The number of amides is 1. The van der Waals surface area contributed by atoms with Crippen LogP contribution in [0, 0.1) is 5.92 Å². The summed E-state index contributed by atoms with van der Waals surface area (Å²) in [6.45, 7) is 5.67. The third-order valence-electron chi connectivity index (χ3n) is 5.60. The Morgan fingerprint density at radius 3 is 2.83 bits per heavy atom. The second-order valence-electron chi connectivity index (χ2n) is 8.19. The maximum absolute atomic E-state index is 13.3. The van der Waals surface area contributed by atoms with Crippen molar-refractivity contribution in [1.82, 2.24) is 14.9 Å². The van der Waals surface area contributed by atoms with Crippen molar-refractivity contribution in [1.29, 1.82) is 0 Å². The van der Waals surface area contributed by atoms with Crippen LogP contribution in [0.3, 0.4) is 0 Å². The maximum Gasteiger partial charge on any atom is 0.254 e. The molecule has 30 heavy (non-hydrogen) atoms. The van der Waals surface area contributed by atoms with Crippen LogP contribution in [-0.2, 0) is 0 Å². The van der Waals surface area contributed by atoms with Crippen molar-refractivity contribution in [3.05, 3.63) is 53.9 Å².